The van der Waals surface area contributed by atoms with Gasteiger partial charge in [0.05, 0.1) is 11.8 Å². The van der Waals surface area contributed by atoms with Crippen molar-refractivity contribution in [3.8, 4) is 10.6 Å². The predicted octanol–water partition coefficient (Wildman–Crippen LogP) is 2.23. The van der Waals surface area contributed by atoms with Crippen LogP contribution in [0.1, 0.15) is 6.92 Å². The Bertz CT molecular complexity index is 368. The van der Waals surface area contributed by atoms with Crippen molar-refractivity contribution in [2.45, 2.75) is 6.92 Å². The zero-order valence-electron chi connectivity index (χ0n) is 7.15. The molecule has 1 N–H and O–H groups in total. The topological polar surface area (TPSA) is 51.0 Å². The molecule has 0 aliphatic rings. The molecule has 0 unspecified atom stereocenters. The summed E-state index contributed by atoms with van der Waals surface area (Å²) >= 11 is 1.52. The van der Waals surface area contributed by atoms with E-state index in [9.17, 15) is 0 Å². The van der Waals surface area contributed by atoms with Gasteiger partial charge in [0.15, 0.2) is 5.01 Å². The molecule has 0 aliphatic heterocycles. The number of hydrogen-bond donors (Lipinski definition) is 1. The number of anilines is 1. The van der Waals surface area contributed by atoms with E-state index in [0.717, 1.165) is 22.2 Å². The average molecular weight is 195 g/mol. The maximum absolute atomic E-state index is 4.96. The molecule has 5 heteroatoms. The van der Waals surface area contributed by atoms with Crippen LogP contribution in [-0.4, -0.2) is 16.7 Å². The van der Waals surface area contributed by atoms with Crippen LogP contribution in [0.25, 0.3) is 10.6 Å². The van der Waals surface area contributed by atoms with Gasteiger partial charge in [0.2, 0.25) is 5.13 Å². The summed E-state index contributed by atoms with van der Waals surface area (Å²) in [6.07, 6.45) is 3.29. The third-order valence-corrected chi connectivity index (χ3v) is 2.45. The first-order valence-corrected chi connectivity index (χ1v) is 4.81. The van der Waals surface area contributed by atoms with Gasteiger partial charge in [-0.05, 0) is 13.0 Å². The lowest BCUT2D eigenvalue weighted by Crippen LogP contribution is -1.94. The monoisotopic (exact) mass is 195 g/mol. The minimum atomic E-state index is 0.846. The van der Waals surface area contributed by atoms with E-state index in [2.05, 4.69) is 15.5 Å². The Hall–Kier alpha value is -1.36. The number of hydrogen-bond acceptors (Lipinski definition) is 5. The number of nitrogens with one attached hydrogen (secondary N) is 1. The van der Waals surface area contributed by atoms with Crippen molar-refractivity contribution in [2.75, 3.05) is 11.9 Å². The van der Waals surface area contributed by atoms with Crippen LogP contribution in [0.15, 0.2) is 23.0 Å². The SMILES string of the molecule is CCNc1nnc(-c2ccoc2)s1. The van der Waals surface area contributed by atoms with E-state index in [-0.39, 0.29) is 0 Å². The van der Waals surface area contributed by atoms with Crippen LogP contribution in [0.3, 0.4) is 0 Å². The van der Waals surface area contributed by atoms with Gasteiger partial charge in [-0.15, -0.1) is 10.2 Å². The molecule has 0 aliphatic carbocycles. The predicted molar refractivity (Wildman–Crippen MR) is 51.8 cm³/mol. The zero-order valence-corrected chi connectivity index (χ0v) is 7.97. The van der Waals surface area contributed by atoms with E-state index >= 15 is 0 Å². The van der Waals surface area contributed by atoms with E-state index in [0.29, 0.717) is 0 Å². The smallest absolute Gasteiger partial charge is 0.205 e. The standard InChI is InChI=1S/C8H9N3OS/c1-2-9-8-11-10-7(13-8)6-3-4-12-5-6/h3-5H,2H2,1H3,(H,9,11). The molecule has 0 aromatic carbocycles. The highest BCUT2D eigenvalue weighted by Gasteiger charge is 2.05. The van der Waals surface area contributed by atoms with Gasteiger partial charge < -0.3 is 9.73 Å². The molecule has 0 atom stereocenters. The minimum Gasteiger partial charge on any atom is -0.472 e. The van der Waals surface area contributed by atoms with Crippen molar-refractivity contribution in [1.82, 2.24) is 10.2 Å². The molecule has 2 heterocycles. The average Bonchev–Trinajstić information content (AvgIpc) is 2.70. The fraction of sp³-hybridized carbons (Fsp3) is 0.250. The molecule has 0 saturated heterocycles. The largest absolute Gasteiger partial charge is 0.472 e. The molecule has 2 rings (SSSR count). The summed E-state index contributed by atoms with van der Waals surface area (Å²) in [4.78, 5) is 0. The quantitative estimate of drug-likeness (QED) is 0.816. The molecule has 2 aromatic rings. The second-order valence-corrected chi connectivity index (χ2v) is 3.43. The highest BCUT2D eigenvalue weighted by atomic mass is 32.1. The molecule has 0 fully saturated rings. The van der Waals surface area contributed by atoms with E-state index in [1.54, 1.807) is 12.5 Å². The highest BCUT2D eigenvalue weighted by Crippen LogP contribution is 2.25. The fourth-order valence-corrected chi connectivity index (χ4v) is 1.75. The molecule has 4 nitrogen and oxygen atoms in total. The number of nitrogens with zero attached hydrogens (tertiary/aromatic N) is 2. The molecule has 2 aromatic heterocycles. The van der Waals surface area contributed by atoms with Gasteiger partial charge in [-0.25, -0.2) is 0 Å². The van der Waals surface area contributed by atoms with Gasteiger partial charge in [0.1, 0.15) is 6.26 Å². The molecule has 0 spiro atoms. The van der Waals surface area contributed by atoms with Crippen molar-refractivity contribution < 1.29 is 4.42 Å². The second-order valence-electron chi connectivity index (χ2n) is 2.45. The molecule has 0 saturated carbocycles. The minimum absolute atomic E-state index is 0.846. The van der Waals surface area contributed by atoms with Gasteiger partial charge in [0, 0.05) is 6.54 Å². The first-order valence-electron chi connectivity index (χ1n) is 4.00. The van der Waals surface area contributed by atoms with Crippen molar-refractivity contribution in [1.29, 1.82) is 0 Å². The van der Waals surface area contributed by atoms with Crippen LogP contribution in [-0.2, 0) is 0 Å². The van der Waals surface area contributed by atoms with Crippen molar-refractivity contribution in [3.05, 3.63) is 18.6 Å². The van der Waals surface area contributed by atoms with Gasteiger partial charge in [-0.2, -0.15) is 0 Å². The first kappa shape index (κ1) is 8.25. The maximum atomic E-state index is 4.96. The molecule has 13 heavy (non-hydrogen) atoms. The lowest BCUT2D eigenvalue weighted by molar-refractivity contribution is 0.568. The van der Waals surface area contributed by atoms with Crippen molar-refractivity contribution >= 4 is 16.5 Å². The van der Waals surface area contributed by atoms with E-state index in [1.165, 1.54) is 11.3 Å². The summed E-state index contributed by atoms with van der Waals surface area (Å²) in [5.74, 6) is 0. The lowest BCUT2D eigenvalue weighted by atomic mass is 10.4. The fourth-order valence-electron chi connectivity index (χ4n) is 0.949. The molecular formula is C8H9N3OS. The third-order valence-electron chi connectivity index (χ3n) is 1.52. The number of furan rings is 1. The van der Waals surface area contributed by atoms with Crippen LogP contribution in [0.2, 0.25) is 0 Å². The van der Waals surface area contributed by atoms with Crippen LogP contribution < -0.4 is 5.32 Å². The van der Waals surface area contributed by atoms with Gasteiger partial charge in [0.25, 0.3) is 0 Å². The Morgan fingerprint density at radius 1 is 1.54 bits per heavy atom. The van der Waals surface area contributed by atoms with Crippen molar-refractivity contribution in [3.63, 3.8) is 0 Å². The summed E-state index contributed by atoms with van der Waals surface area (Å²) < 4.78 is 4.96. The Kier molecular flexibility index (Phi) is 2.27. The Morgan fingerprint density at radius 2 is 2.46 bits per heavy atom. The van der Waals surface area contributed by atoms with Gasteiger partial charge >= 0.3 is 0 Å². The summed E-state index contributed by atoms with van der Waals surface area (Å²) in [5.41, 5.74) is 0.974. The van der Waals surface area contributed by atoms with E-state index in [4.69, 9.17) is 4.42 Å². The maximum Gasteiger partial charge on any atom is 0.205 e. The summed E-state index contributed by atoms with van der Waals surface area (Å²) in [6, 6.07) is 1.87. The van der Waals surface area contributed by atoms with Gasteiger partial charge in [-0.1, -0.05) is 11.3 Å². The van der Waals surface area contributed by atoms with Crippen molar-refractivity contribution in [2.24, 2.45) is 0 Å². The van der Waals surface area contributed by atoms with E-state index < -0.39 is 0 Å². The van der Waals surface area contributed by atoms with Gasteiger partial charge in [-0.3, -0.25) is 0 Å². The van der Waals surface area contributed by atoms with Crippen LogP contribution in [0, 0.1) is 0 Å². The molecule has 0 amide bonds. The summed E-state index contributed by atoms with van der Waals surface area (Å²) in [7, 11) is 0. The lowest BCUT2D eigenvalue weighted by Gasteiger charge is -1.91. The number of aromatic nitrogens is 2. The second kappa shape index (κ2) is 3.57. The van der Waals surface area contributed by atoms with Crippen LogP contribution in [0.4, 0.5) is 5.13 Å². The summed E-state index contributed by atoms with van der Waals surface area (Å²) in [5, 5.41) is 12.8. The Morgan fingerprint density at radius 3 is 3.15 bits per heavy atom. The Balaban J connectivity index is 2.23. The highest BCUT2D eigenvalue weighted by molar-refractivity contribution is 7.18. The normalized spacial score (nSPS) is 10.2. The summed E-state index contributed by atoms with van der Waals surface area (Å²) in [6.45, 7) is 2.89. The molecular weight excluding hydrogens is 186 g/mol. The molecule has 68 valence electrons. The molecule has 0 bridgehead atoms. The Labute approximate surface area is 79.6 Å². The van der Waals surface area contributed by atoms with Crippen LogP contribution >= 0.6 is 11.3 Å². The number of rotatable bonds is 3. The molecule has 0 radical (unpaired) electrons. The van der Waals surface area contributed by atoms with E-state index in [1.807, 2.05) is 13.0 Å². The zero-order chi connectivity index (χ0) is 9.10. The third kappa shape index (κ3) is 1.70. The first-order chi connectivity index (χ1) is 6.40. The van der Waals surface area contributed by atoms with Crippen LogP contribution in [0.5, 0.6) is 0 Å².